The standard InChI is InChI=1S/C23H23NO5/c1-15-19-7-3-4-8-21(19)29-22(15)23(27)28-14-20(26)18-11-9-17(10-12-18)6-5-13-24-16(2)25/h3-4,7-12H,5-6,13-14H2,1-2H3,(H,24,25). The van der Waals surface area contributed by atoms with Gasteiger partial charge in [0.05, 0.1) is 0 Å². The van der Waals surface area contributed by atoms with Crippen molar-refractivity contribution in [1.82, 2.24) is 5.32 Å². The maximum atomic E-state index is 12.3. The van der Waals surface area contributed by atoms with Crippen molar-refractivity contribution in [2.45, 2.75) is 26.7 Å². The largest absolute Gasteiger partial charge is 0.451 e. The van der Waals surface area contributed by atoms with E-state index >= 15 is 0 Å². The minimum absolute atomic E-state index is 0.0432. The average molecular weight is 393 g/mol. The van der Waals surface area contributed by atoms with E-state index in [1.807, 2.05) is 30.3 Å². The zero-order valence-corrected chi connectivity index (χ0v) is 16.5. The van der Waals surface area contributed by atoms with E-state index in [1.165, 1.54) is 6.92 Å². The first-order valence-electron chi connectivity index (χ1n) is 9.47. The van der Waals surface area contributed by atoms with Crippen molar-refractivity contribution in [3.63, 3.8) is 0 Å². The normalized spacial score (nSPS) is 10.7. The Hall–Kier alpha value is -3.41. The second-order valence-electron chi connectivity index (χ2n) is 6.84. The molecule has 2 aromatic carbocycles. The number of hydrogen-bond donors (Lipinski definition) is 1. The molecule has 6 heteroatoms. The van der Waals surface area contributed by atoms with Crippen LogP contribution in [0, 0.1) is 6.92 Å². The molecule has 0 atom stereocenters. The Morgan fingerprint density at radius 1 is 1.03 bits per heavy atom. The lowest BCUT2D eigenvalue weighted by Crippen LogP contribution is -2.21. The van der Waals surface area contributed by atoms with Crippen molar-refractivity contribution in [2.75, 3.05) is 13.2 Å². The van der Waals surface area contributed by atoms with Gasteiger partial charge in [-0.25, -0.2) is 4.79 Å². The number of carbonyl (C=O) groups excluding carboxylic acids is 3. The van der Waals surface area contributed by atoms with E-state index in [2.05, 4.69) is 5.32 Å². The van der Waals surface area contributed by atoms with E-state index in [1.54, 1.807) is 25.1 Å². The van der Waals surface area contributed by atoms with Gasteiger partial charge in [-0.05, 0) is 31.4 Å². The molecule has 0 aliphatic carbocycles. The second kappa shape index (κ2) is 9.19. The molecule has 0 unspecified atom stereocenters. The molecular formula is C23H23NO5. The van der Waals surface area contributed by atoms with Gasteiger partial charge >= 0.3 is 5.97 Å². The molecule has 0 fully saturated rings. The first-order valence-corrected chi connectivity index (χ1v) is 9.47. The highest BCUT2D eigenvalue weighted by Crippen LogP contribution is 2.25. The fourth-order valence-corrected chi connectivity index (χ4v) is 3.06. The molecule has 1 amide bonds. The van der Waals surface area contributed by atoms with Crippen molar-refractivity contribution >= 4 is 28.6 Å². The van der Waals surface area contributed by atoms with Crippen molar-refractivity contribution in [3.05, 3.63) is 71.0 Å². The Labute approximate surface area is 168 Å². The molecule has 0 bridgehead atoms. The first kappa shape index (κ1) is 20.3. The van der Waals surface area contributed by atoms with Crippen molar-refractivity contribution in [1.29, 1.82) is 0 Å². The van der Waals surface area contributed by atoms with Crippen LogP contribution in [0.15, 0.2) is 52.9 Å². The molecule has 1 heterocycles. The van der Waals surface area contributed by atoms with Gasteiger partial charge in [0, 0.05) is 30.0 Å². The summed E-state index contributed by atoms with van der Waals surface area (Å²) in [6, 6.07) is 14.5. The summed E-state index contributed by atoms with van der Waals surface area (Å²) in [7, 11) is 0. The maximum Gasteiger partial charge on any atom is 0.375 e. The average Bonchev–Trinajstić information content (AvgIpc) is 3.06. The van der Waals surface area contributed by atoms with Crippen molar-refractivity contribution in [2.24, 2.45) is 0 Å². The van der Waals surface area contributed by atoms with Gasteiger partial charge in [-0.3, -0.25) is 9.59 Å². The molecule has 29 heavy (non-hydrogen) atoms. The molecule has 3 aromatic rings. The summed E-state index contributed by atoms with van der Waals surface area (Å²) in [6.45, 7) is 3.54. The van der Waals surface area contributed by atoms with Crippen LogP contribution in [0.25, 0.3) is 11.0 Å². The Morgan fingerprint density at radius 3 is 2.45 bits per heavy atom. The Morgan fingerprint density at radius 2 is 1.76 bits per heavy atom. The van der Waals surface area contributed by atoms with Gasteiger partial charge in [0.2, 0.25) is 11.7 Å². The number of esters is 1. The van der Waals surface area contributed by atoms with Gasteiger partial charge in [-0.1, -0.05) is 42.5 Å². The zero-order chi connectivity index (χ0) is 20.8. The third-order valence-corrected chi connectivity index (χ3v) is 4.66. The summed E-state index contributed by atoms with van der Waals surface area (Å²) < 4.78 is 10.7. The fourth-order valence-electron chi connectivity index (χ4n) is 3.06. The smallest absolute Gasteiger partial charge is 0.375 e. The van der Waals surface area contributed by atoms with Crippen LogP contribution in [-0.4, -0.2) is 30.8 Å². The molecule has 0 saturated heterocycles. The van der Waals surface area contributed by atoms with Gasteiger partial charge in [-0.15, -0.1) is 0 Å². The van der Waals surface area contributed by atoms with Crippen LogP contribution in [0.1, 0.15) is 45.4 Å². The van der Waals surface area contributed by atoms with Gasteiger partial charge < -0.3 is 14.5 Å². The number of Topliss-reactive ketones (excluding diaryl/α,β-unsaturated/α-hetero) is 1. The van der Waals surface area contributed by atoms with E-state index in [-0.39, 0.29) is 24.1 Å². The van der Waals surface area contributed by atoms with Crippen LogP contribution in [0.3, 0.4) is 0 Å². The van der Waals surface area contributed by atoms with E-state index in [9.17, 15) is 14.4 Å². The molecule has 0 aliphatic heterocycles. The third kappa shape index (κ3) is 5.10. The predicted molar refractivity (Wildman–Crippen MR) is 109 cm³/mol. The minimum atomic E-state index is -0.651. The predicted octanol–water partition coefficient (Wildman–Crippen LogP) is 3.85. The van der Waals surface area contributed by atoms with Gasteiger partial charge in [0.15, 0.2) is 12.4 Å². The fraction of sp³-hybridized carbons (Fsp3) is 0.261. The molecule has 6 nitrogen and oxygen atoms in total. The number of fused-ring (bicyclic) bond motifs is 1. The molecule has 3 rings (SSSR count). The van der Waals surface area contributed by atoms with Gasteiger partial charge in [0.1, 0.15) is 5.58 Å². The SMILES string of the molecule is CC(=O)NCCCc1ccc(C(=O)COC(=O)c2oc3ccccc3c2C)cc1. The molecule has 0 radical (unpaired) electrons. The quantitative estimate of drug-likeness (QED) is 0.357. The zero-order valence-electron chi connectivity index (χ0n) is 16.5. The van der Waals surface area contributed by atoms with Gasteiger partial charge in [0.25, 0.3) is 0 Å². The topological polar surface area (TPSA) is 85.6 Å². The second-order valence-corrected chi connectivity index (χ2v) is 6.84. The van der Waals surface area contributed by atoms with Crippen LogP contribution in [0.5, 0.6) is 0 Å². The number of benzene rings is 2. The molecule has 0 aliphatic rings. The molecular weight excluding hydrogens is 370 g/mol. The summed E-state index contributed by atoms with van der Waals surface area (Å²) in [6.07, 6.45) is 1.62. The molecule has 0 saturated carbocycles. The van der Waals surface area contributed by atoms with Crippen LogP contribution < -0.4 is 5.32 Å². The lowest BCUT2D eigenvalue weighted by molar-refractivity contribution is -0.118. The summed E-state index contributed by atoms with van der Waals surface area (Å²) in [5.41, 5.74) is 2.85. The Balaban J connectivity index is 1.54. The van der Waals surface area contributed by atoms with Crippen LogP contribution >= 0.6 is 0 Å². The number of nitrogens with one attached hydrogen (secondary N) is 1. The van der Waals surface area contributed by atoms with Crippen molar-refractivity contribution < 1.29 is 23.5 Å². The lowest BCUT2D eigenvalue weighted by Gasteiger charge is -2.06. The van der Waals surface area contributed by atoms with Crippen LogP contribution in [0.2, 0.25) is 0 Å². The highest BCUT2D eigenvalue weighted by molar-refractivity contribution is 6.00. The Kier molecular flexibility index (Phi) is 6.44. The molecule has 150 valence electrons. The molecule has 0 spiro atoms. The summed E-state index contributed by atoms with van der Waals surface area (Å²) >= 11 is 0. The number of aryl methyl sites for hydroxylation is 2. The summed E-state index contributed by atoms with van der Waals surface area (Å²) in [4.78, 5) is 35.5. The number of hydrogen-bond acceptors (Lipinski definition) is 5. The molecule has 1 N–H and O–H groups in total. The number of furan rings is 1. The maximum absolute atomic E-state index is 12.3. The number of para-hydroxylation sites is 1. The summed E-state index contributed by atoms with van der Waals surface area (Å²) in [5, 5.41) is 3.60. The lowest BCUT2D eigenvalue weighted by atomic mass is 10.1. The van der Waals surface area contributed by atoms with Crippen LogP contribution in [-0.2, 0) is 16.0 Å². The molecule has 1 aromatic heterocycles. The number of carbonyl (C=O) groups is 3. The third-order valence-electron chi connectivity index (χ3n) is 4.66. The number of rotatable bonds is 8. The van der Waals surface area contributed by atoms with Gasteiger partial charge in [-0.2, -0.15) is 0 Å². The van der Waals surface area contributed by atoms with E-state index < -0.39 is 5.97 Å². The highest BCUT2D eigenvalue weighted by atomic mass is 16.5. The Bertz CT molecular complexity index is 1030. The highest BCUT2D eigenvalue weighted by Gasteiger charge is 2.20. The number of ketones is 1. The van der Waals surface area contributed by atoms with E-state index in [4.69, 9.17) is 9.15 Å². The van der Waals surface area contributed by atoms with E-state index in [0.29, 0.717) is 23.3 Å². The van der Waals surface area contributed by atoms with E-state index in [0.717, 1.165) is 23.8 Å². The van der Waals surface area contributed by atoms with Crippen LogP contribution in [0.4, 0.5) is 0 Å². The number of amides is 1. The minimum Gasteiger partial charge on any atom is -0.451 e. The monoisotopic (exact) mass is 393 g/mol. The summed E-state index contributed by atoms with van der Waals surface area (Å²) in [5.74, 6) is -0.856. The van der Waals surface area contributed by atoms with Crippen molar-refractivity contribution in [3.8, 4) is 0 Å². The number of ether oxygens (including phenoxy) is 1. The first-order chi connectivity index (χ1) is 14.0.